The van der Waals surface area contributed by atoms with Crippen molar-refractivity contribution in [3.8, 4) is 0 Å². The molecule has 2 amide bonds. The summed E-state index contributed by atoms with van der Waals surface area (Å²) in [4.78, 5) is 26.9. The van der Waals surface area contributed by atoms with Crippen molar-refractivity contribution in [2.24, 2.45) is 0 Å². The minimum atomic E-state index is -0.477. The minimum absolute atomic E-state index is 0.00470. The standard InChI is InChI=1S/C24H26F2N2O2/c25-19-7-3-17(4-8-19)16-24(13-11-22(29)27-24)14-12-23(30)28-15-1-2-21(28)18-5-9-20(26)10-6-18/h3-10,21H,1-2,11-16H2,(H,27,29)/t21-,24+/m1/s1. The predicted octanol–water partition coefficient (Wildman–Crippen LogP) is 4.30. The molecule has 6 heteroatoms. The van der Waals surface area contributed by atoms with E-state index in [9.17, 15) is 18.4 Å². The Bertz CT molecular complexity index is 914. The Hall–Kier alpha value is -2.76. The van der Waals surface area contributed by atoms with E-state index in [0.29, 0.717) is 38.6 Å². The quantitative estimate of drug-likeness (QED) is 0.769. The zero-order valence-corrected chi connectivity index (χ0v) is 16.9. The molecule has 2 aromatic carbocycles. The molecule has 2 fully saturated rings. The van der Waals surface area contributed by atoms with E-state index in [0.717, 1.165) is 24.0 Å². The van der Waals surface area contributed by atoms with E-state index in [2.05, 4.69) is 5.32 Å². The van der Waals surface area contributed by atoms with Gasteiger partial charge in [-0.2, -0.15) is 0 Å². The summed E-state index contributed by atoms with van der Waals surface area (Å²) in [6.07, 6.45) is 4.35. The van der Waals surface area contributed by atoms with Crippen molar-refractivity contribution in [1.82, 2.24) is 10.2 Å². The van der Waals surface area contributed by atoms with Gasteiger partial charge in [-0.25, -0.2) is 8.78 Å². The molecule has 30 heavy (non-hydrogen) atoms. The topological polar surface area (TPSA) is 49.4 Å². The van der Waals surface area contributed by atoms with Gasteiger partial charge in [0.15, 0.2) is 0 Å². The van der Waals surface area contributed by atoms with Crippen molar-refractivity contribution in [2.45, 2.75) is 56.5 Å². The second-order valence-electron chi connectivity index (χ2n) is 8.43. The first kappa shape index (κ1) is 20.5. The Kier molecular flexibility index (Phi) is 5.84. The molecule has 4 nitrogen and oxygen atoms in total. The maximum absolute atomic E-state index is 13.3. The fourth-order valence-corrected chi connectivity index (χ4v) is 4.76. The molecule has 2 aliphatic rings. The zero-order valence-electron chi connectivity index (χ0n) is 16.9. The second-order valence-corrected chi connectivity index (χ2v) is 8.43. The zero-order chi connectivity index (χ0) is 21.1. The molecule has 0 radical (unpaired) electrons. The molecule has 2 aliphatic heterocycles. The van der Waals surface area contributed by atoms with Gasteiger partial charge in [0.05, 0.1) is 6.04 Å². The maximum atomic E-state index is 13.3. The lowest BCUT2D eigenvalue weighted by atomic mass is 9.85. The van der Waals surface area contributed by atoms with E-state index in [1.807, 2.05) is 4.90 Å². The highest BCUT2D eigenvalue weighted by Crippen LogP contribution is 2.34. The van der Waals surface area contributed by atoms with Crippen molar-refractivity contribution in [3.05, 3.63) is 71.3 Å². The normalized spacial score (nSPS) is 23.6. The van der Waals surface area contributed by atoms with Crippen molar-refractivity contribution in [3.63, 3.8) is 0 Å². The highest BCUT2D eigenvalue weighted by molar-refractivity contribution is 5.80. The van der Waals surface area contributed by atoms with Crippen LogP contribution in [-0.2, 0) is 16.0 Å². The van der Waals surface area contributed by atoms with Crippen LogP contribution in [0.1, 0.15) is 55.7 Å². The fraction of sp³-hybridized carbons (Fsp3) is 0.417. The number of benzene rings is 2. The van der Waals surface area contributed by atoms with Gasteiger partial charge in [0.2, 0.25) is 11.8 Å². The summed E-state index contributed by atoms with van der Waals surface area (Å²) in [7, 11) is 0. The molecule has 0 aliphatic carbocycles. The maximum Gasteiger partial charge on any atom is 0.223 e. The molecule has 0 aromatic heterocycles. The number of hydrogen-bond acceptors (Lipinski definition) is 2. The lowest BCUT2D eigenvalue weighted by Crippen LogP contribution is -2.44. The number of carbonyl (C=O) groups is 2. The summed E-state index contributed by atoms with van der Waals surface area (Å²) in [6.45, 7) is 0.693. The molecule has 158 valence electrons. The van der Waals surface area contributed by atoms with Crippen molar-refractivity contribution >= 4 is 11.8 Å². The van der Waals surface area contributed by atoms with Gasteiger partial charge in [0.25, 0.3) is 0 Å². The van der Waals surface area contributed by atoms with Gasteiger partial charge in [-0.1, -0.05) is 24.3 Å². The van der Waals surface area contributed by atoms with Crippen LogP contribution in [0.4, 0.5) is 8.78 Å². The summed E-state index contributed by atoms with van der Waals surface area (Å²) >= 11 is 0. The lowest BCUT2D eigenvalue weighted by molar-refractivity contribution is -0.132. The Morgan fingerprint density at radius 3 is 2.37 bits per heavy atom. The SMILES string of the molecule is O=C1CC[C@](CCC(=O)N2CCC[C@@H]2c2ccc(F)cc2)(Cc2ccc(F)cc2)N1. The van der Waals surface area contributed by atoms with E-state index >= 15 is 0 Å². The van der Waals surface area contributed by atoms with Crippen LogP contribution >= 0.6 is 0 Å². The summed E-state index contributed by atoms with van der Waals surface area (Å²) < 4.78 is 26.5. The monoisotopic (exact) mass is 412 g/mol. The molecule has 4 rings (SSSR count). The smallest absolute Gasteiger partial charge is 0.223 e. The molecule has 2 saturated heterocycles. The van der Waals surface area contributed by atoms with Crippen LogP contribution in [-0.4, -0.2) is 28.8 Å². The molecule has 1 N–H and O–H groups in total. The van der Waals surface area contributed by atoms with Crippen LogP contribution in [0.5, 0.6) is 0 Å². The first-order chi connectivity index (χ1) is 14.4. The first-order valence-electron chi connectivity index (χ1n) is 10.5. The predicted molar refractivity (Wildman–Crippen MR) is 110 cm³/mol. The summed E-state index contributed by atoms with van der Waals surface area (Å²) in [5.74, 6) is -0.523. The number of likely N-dealkylation sites (tertiary alicyclic amines) is 1. The summed E-state index contributed by atoms with van der Waals surface area (Å²) in [5.41, 5.74) is 1.42. The highest BCUT2D eigenvalue weighted by atomic mass is 19.1. The van der Waals surface area contributed by atoms with Crippen LogP contribution in [0.2, 0.25) is 0 Å². The third kappa shape index (κ3) is 4.53. The molecular weight excluding hydrogens is 386 g/mol. The molecule has 2 atom stereocenters. The van der Waals surface area contributed by atoms with E-state index in [1.165, 1.54) is 24.3 Å². The van der Waals surface area contributed by atoms with Gasteiger partial charge >= 0.3 is 0 Å². The highest BCUT2D eigenvalue weighted by Gasteiger charge is 2.39. The molecular formula is C24H26F2N2O2. The van der Waals surface area contributed by atoms with Gasteiger partial charge in [0.1, 0.15) is 11.6 Å². The molecule has 0 bridgehead atoms. The fourth-order valence-electron chi connectivity index (χ4n) is 4.76. The summed E-state index contributed by atoms with van der Waals surface area (Å²) in [6, 6.07) is 12.6. The molecule has 2 aromatic rings. The van der Waals surface area contributed by atoms with Crippen LogP contribution in [0.15, 0.2) is 48.5 Å². The third-order valence-corrected chi connectivity index (χ3v) is 6.34. The van der Waals surface area contributed by atoms with Gasteiger partial charge in [-0.05, 0) is 67.5 Å². The van der Waals surface area contributed by atoms with E-state index < -0.39 is 5.54 Å². The number of halogens is 2. The van der Waals surface area contributed by atoms with Gasteiger partial charge < -0.3 is 10.2 Å². The third-order valence-electron chi connectivity index (χ3n) is 6.34. The molecule has 0 spiro atoms. The van der Waals surface area contributed by atoms with Crippen LogP contribution < -0.4 is 5.32 Å². The first-order valence-corrected chi connectivity index (χ1v) is 10.5. The van der Waals surface area contributed by atoms with Gasteiger partial charge in [-0.15, -0.1) is 0 Å². The van der Waals surface area contributed by atoms with Crippen LogP contribution in [0, 0.1) is 11.6 Å². The Balaban J connectivity index is 1.44. The van der Waals surface area contributed by atoms with Crippen molar-refractivity contribution in [2.75, 3.05) is 6.54 Å². The lowest BCUT2D eigenvalue weighted by Gasteiger charge is -2.31. The second kappa shape index (κ2) is 8.54. The Morgan fingerprint density at radius 2 is 1.73 bits per heavy atom. The van der Waals surface area contributed by atoms with Gasteiger partial charge in [-0.3, -0.25) is 9.59 Å². The average molecular weight is 412 g/mol. The summed E-state index contributed by atoms with van der Waals surface area (Å²) in [5, 5.41) is 3.08. The van der Waals surface area contributed by atoms with Crippen molar-refractivity contribution in [1.29, 1.82) is 0 Å². The minimum Gasteiger partial charge on any atom is -0.350 e. The van der Waals surface area contributed by atoms with Crippen molar-refractivity contribution < 1.29 is 18.4 Å². The van der Waals surface area contributed by atoms with E-state index in [4.69, 9.17) is 0 Å². The van der Waals surface area contributed by atoms with Gasteiger partial charge in [0, 0.05) is 24.9 Å². The Labute approximate surface area is 175 Å². The average Bonchev–Trinajstić information content (AvgIpc) is 3.36. The number of hydrogen-bond donors (Lipinski definition) is 1. The number of nitrogens with one attached hydrogen (secondary N) is 1. The molecule has 0 unspecified atom stereocenters. The molecule has 2 heterocycles. The van der Waals surface area contributed by atoms with Crippen LogP contribution in [0.3, 0.4) is 0 Å². The van der Waals surface area contributed by atoms with E-state index in [-0.39, 0.29) is 29.5 Å². The molecule has 0 saturated carbocycles. The number of nitrogens with zero attached hydrogens (tertiary/aromatic N) is 1. The number of carbonyl (C=O) groups excluding carboxylic acids is 2. The number of rotatable bonds is 6. The van der Waals surface area contributed by atoms with E-state index in [1.54, 1.807) is 24.3 Å². The number of amides is 2. The largest absolute Gasteiger partial charge is 0.350 e. The Morgan fingerprint density at radius 1 is 1.07 bits per heavy atom. The van der Waals surface area contributed by atoms with Crippen LogP contribution in [0.25, 0.3) is 0 Å².